The standard InChI is InChI=1S/C29H31FN2O3/c1-18(22-5-3-2-4-6-22)31(28(35)29-15-19-11-20(16-29)13-21(12-19)17-29)25-14-26(33)32(27(25)34)24-9-7-23(30)8-10-24/h2-10,18-21,25H,11-17H2,1H3. The molecule has 2 atom stereocenters. The van der Waals surface area contributed by atoms with Gasteiger partial charge in [-0.15, -0.1) is 0 Å². The molecule has 2 aromatic carbocycles. The Morgan fingerprint density at radius 3 is 2.09 bits per heavy atom. The summed E-state index contributed by atoms with van der Waals surface area (Å²) < 4.78 is 13.5. The molecule has 6 heteroatoms. The van der Waals surface area contributed by atoms with Gasteiger partial charge in [-0.05, 0) is 93.0 Å². The summed E-state index contributed by atoms with van der Waals surface area (Å²) in [5.41, 5.74) is 0.870. The number of rotatable bonds is 5. The van der Waals surface area contributed by atoms with Crippen molar-refractivity contribution in [2.24, 2.45) is 23.2 Å². The Morgan fingerprint density at radius 1 is 0.943 bits per heavy atom. The molecule has 5 fully saturated rings. The zero-order valence-electron chi connectivity index (χ0n) is 20.0. The lowest BCUT2D eigenvalue weighted by atomic mass is 9.49. The van der Waals surface area contributed by atoms with Gasteiger partial charge in [-0.2, -0.15) is 0 Å². The minimum absolute atomic E-state index is 0.0417. The van der Waals surface area contributed by atoms with Crippen LogP contribution in [0.5, 0.6) is 0 Å². The fourth-order valence-electron chi connectivity index (χ4n) is 7.82. The predicted molar refractivity (Wildman–Crippen MR) is 130 cm³/mol. The molecule has 35 heavy (non-hydrogen) atoms. The monoisotopic (exact) mass is 474 g/mol. The van der Waals surface area contributed by atoms with E-state index in [0.717, 1.165) is 29.7 Å². The highest BCUT2D eigenvalue weighted by Crippen LogP contribution is 2.61. The van der Waals surface area contributed by atoms with Crippen LogP contribution >= 0.6 is 0 Å². The molecule has 4 bridgehead atoms. The molecular formula is C29H31FN2O3. The van der Waals surface area contributed by atoms with Gasteiger partial charge in [0.1, 0.15) is 11.9 Å². The molecule has 5 nitrogen and oxygen atoms in total. The van der Waals surface area contributed by atoms with Gasteiger partial charge in [0.05, 0.1) is 23.6 Å². The maximum Gasteiger partial charge on any atom is 0.257 e. The summed E-state index contributed by atoms with van der Waals surface area (Å²) in [6.07, 6.45) is 6.30. The number of anilines is 1. The van der Waals surface area contributed by atoms with Gasteiger partial charge in [0.25, 0.3) is 5.91 Å². The zero-order valence-corrected chi connectivity index (χ0v) is 20.0. The molecule has 4 saturated carbocycles. The smallest absolute Gasteiger partial charge is 0.257 e. The third kappa shape index (κ3) is 3.69. The van der Waals surface area contributed by atoms with E-state index in [4.69, 9.17) is 0 Å². The first-order valence-electron chi connectivity index (χ1n) is 12.8. The Hall–Kier alpha value is -3.02. The fraction of sp³-hybridized carbons (Fsp3) is 0.483. The summed E-state index contributed by atoms with van der Waals surface area (Å²) in [6, 6.07) is 13.9. The minimum atomic E-state index is -0.858. The van der Waals surface area contributed by atoms with Gasteiger partial charge in [-0.3, -0.25) is 14.4 Å². The quantitative estimate of drug-likeness (QED) is 0.555. The molecule has 1 heterocycles. The normalized spacial score (nSPS) is 32.2. The number of nitrogens with zero attached hydrogens (tertiary/aromatic N) is 2. The van der Waals surface area contributed by atoms with Crippen molar-refractivity contribution in [3.05, 3.63) is 66.0 Å². The third-order valence-electron chi connectivity index (χ3n) is 8.97. The molecule has 0 spiro atoms. The number of amides is 3. The molecule has 0 radical (unpaired) electrons. The number of hydrogen-bond acceptors (Lipinski definition) is 3. The molecule has 2 unspecified atom stereocenters. The van der Waals surface area contributed by atoms with Crippen molar-refractivity contribution in [1.29, 1.82) is 0 Å². The molecule has 5 aliphatic rings. The van der Waals surface area contributed by atoms with E-state index >= 15 is 0 Å². The zero-order chi connectivity index (χ0) is 24.3. The highest BCUT2D eigenvalue weighted by atomic mass is 19.1. The van der Waals surface area contributed by atoms with Crippen LogP contribution in [0.15, 0.2) is 54.6 Å². The predicted octanol–water partition coefficient (Wildman–Crippen LogP) is 5.26. The molecule has 0 N–H and O–H groups in total. The number of carbonyl (C=O) groups excluding carboxylic acids is 3. The molecule has 1 aliphatic heterocycles. The van der Waals surface area contributed by atoms with E-state index < -0.39 is 23.2 Å². The van der Waals surface area contributed by atoms with E-state index in [1.807, 2.05) is 37.3 Å². The largest absolute Gasteiger partial charge is 0.323 e. The first-order chi connectivity index (χ1) is 16.8. The van der Waals surface area contributed by atoms with Crippen molar-refractivity contribution in [3.8, 4) is 0 Å². The Balaban J connectivity index is 1.38. The van der Waals surface area contributed by atoms with E-state index in [-0.39, 0.29) is 24.3 Å². The second-order valence-electron chi connectivity index (χ2n) is 11.3. The van der Waals surface area contributed by atoms with Crippen molar-refractivity contribution >= 4 is 23.4 Å². The lowest BCUT2D eigenvalue weighted by Gasteiger charge is -2.57. The fourth-order valence-corrected chi connectivity index (χ4v) is 7.82. The van der Waals surface area contributed by atoms with Gasteiger partial charge in [-0.1, -0.05) is 30.3 Å². The van der Waals surface area contributed by atoms with Crippen LogP contribution in [0.2, 0.25) is 0 Å². The van der Waals surface area contributed by atoms with Crippen LogP contribution in [-0.2, 0) is 14.4 Å². The Bertz CT molecular complexity index is 1130. The van der Waals surface area contributed by atoms with Crippen LogP contribution in [0, 0.1) is 29.0 Å². The van der Waals surface area contributed by atoms with Gasteiger partial charge < -0.3 is 4.90 Å². The van der Waals surface area contributed by atoms with Gasteiger partial charge in [0.15, 0.2) is 0 Å². The first-order valence-corrected chi connectivity index (χ1v) is 12.8. The topological polar surface area (TPSA) is 57.7 Å². The summed E-state index contributed by atoms with van der Waals surface area (Å²) in [5, 5.41) is 0. The molecule has 0 aromatic heterocycles. The highest BCUT2D eigenvalue weighted by Gasteiger charge is 2.58. The van der Waals surface area contributed by atoms with Crippen LogP contribution in [0.4, 0.5) is 10.1 Å². The Morgan fingerprint density at radius 2 is 1.51 bits per heavy atom. The van der Waals surface area contributed by atoms with Crippen molar-refractivity contribution in [3.63, 3.8) is 0 Å². The van der Waals surface area contributed by atoms with Crippen molar-refractivity contribution in [1.82, 2.24) is 4.90 Å². The first kappa shape index (κ1) is 22.4. The van der Waals surface area contributed by atoms with Gasteiger partial charge >= 0.3 is 0 Å². The molecule has 4 aliphatic carbocycles. The van der Waals surface area contributed by atoms with E-state index in [9.17, 15) is 18.8 Å². The van der Waals surface area contributed by atoms with Crippen molar-refractivity contribution in [2.75, 3.05) is 4.90 Å². The summed E-state index contributed by atoms with van der Waals surface area (Å²) in [4.78, 5) is 44.2. The van der Waals surface area contributed by atoms with Crippen LogP contribution in [0.1, 0.15) is 63.5 Å². The van der Waals surface area contributed by atoms with Crippen LogP contribution in [0.3, 0.4) is 0 Å². The van der Waals surface area contributed by atoms with Crippen LogP contribution in [-0.4, -0.2) is 28.7 Å². The second-order valence-corrected chi connectivity index (χ2v) is 11.3. The lowest BCUT2D eigenvalue weighted by molar-refractivity contribution is -0.164. The van der Waals surface area contributed by atoms with Crippen LogP contribution < -0.4 is 4.90 Å². The van der Waals surface area contributed by atoms with E-state index in [0.29, 0.717) is 23.4 Å². The van der Waals surface area contributed by atoms with E-state index in [2.05, 4.69) is 0 Å². The number of hydrogen-bond donors (Lipinski definition) is 0. The Kier molecular flexibility index (Phi) is 5.31. The van der Waals surface area contributed by atoms with Crippen molar-refractivity contribution < 1.29 is 18.8 Å². The average molecular weight is 475 g/mol. The van der Waals surface area contributed by atoms with E-state index in [1.165, 1.54) is 43.5 Å². The lowest BCUT2D eigenvalue weighted by Crippen LogP contribution is -2.58. The third-order valence-corrected chi connectivity index (χ3v) is 8.97. The number of imide groups is 1. The van der Waals surface area contributed by atoms with Crippen molar-refractivity contribution in [2.45, 2.75) is 64.0 Å². The van der Waals surface area contributed by atoms with Gasteiger partial charge in [-0.25, -0.2) is 9.29 Å². The Labute approximate surface area is 205 Å². The maximum absolute atomic E-state index is 14.5. The number of halogens is 1. The second kappa shape index (κ2) is 8.28. The molecule has 2 aromatic rings. The molecule has 182 valence electrons. The maximum atomic E-state index is 14.5. The minimum Gasteiger partial charge on any atom is -0.323 e. The average Bonchev–Trinajstić information content (AvgIpc) is 3.13. The SMILES string of the molecule is CC(c1ccccc1)N(C(=O)C12CC3CC(CC(C3)C1)C2)C1CC(=O)N(c2ccc(F)cc2)C1=O. The number of carbonyl (C=O) groups is 3. The summed E-state index contributed by atoms with van der Waals surface area (Å²) >= 11 is 0. The summed E-state index contributed by atoms with van der Waals surface area (Å²) in [6.45, 7) is 1.96. The summed E-state index contributed by atoms with van der Waals surface area (Å²) in [7, 11) is 0. The van der Waals surface area contributed by atoms with Crippen LogP contribution in [0.25, 0.3) is 0 Å². The number of benzene rings is 2. The van der Waals surface area contributed by atoms with Gasteiger partial charge in [0.2, 0.25) is 11.8 Å². The van der Waals surface area contributed by atoms with E-state index in [1.54, 1.807) is 4.90 Å². The molecule has 1 saturated heterocycles. The van der Waals surface area contributed by atoms with Gasteiger partial charge in [0, 0.05) is 0 Å². The summed E-state index contributed by atoms with van der Waals surface area (Å²) in [5.74, 6) is 0.639. The molecule has 3 amide bonds. The highest BCUT2D eigenvalue weighted by molar-refractivity contribution is 6.23. The molecule has 7 rings (SSSR count). The molecular weight excluding hydrogens is 443 g/mol.